The fourth-order valence-corrected chi connectivity index (χ4v) is 2.74. The van der Waals surface area contributed by atoms with Gasteiger partial charge in [-0.15, -0.1) is 0 Å². The van der Waals surface area contributed by atoms with Crippen LogP contribution in [0.2, 0.25) is 0 Å². The van der Waals surface area contributed by atoms with Crippen LogP contribution in [0, 0.1) is 16.0 Å². The molecule has 0 radical (unpaired) electrons. The number of rotatable bonds is 7. The van der Waals surface area contributed by atoms with E-state index in [9.17, 15) is 14.9 Å². The molecular formula is C20H20N4O5. The monoisotopic (exact) mass is 396 g/mol. The van der Waals surface area contributed by atoms with E-state index < -0.39 is 16.9 Å². The number of carbonyl (C=O) groups is 1. The standard InChI is InChI=1S/C20H20N4O5/c1-12(2)17(21-19(25)14-7-4-8-15(10-14)24(26)27)20-22-18(23-29-20)13-6-5-9-16(11-13)28-3/h4-12,17H,1-3H3,(H,21,25)/t17-/m1/s1. The molecule has 1 aromatic heterocycles. The number of nitrogens with one attached hydrogen (secondary N) is 1. The van der Waals surface area contributed by atoms with Gasteiger partial charge in [-0.3, -0.25) is 14.9 Å². The SMILES string of the molecule is COc1cccc(-c2noc([C@H](NC(=O)c3cccc([N+](=O)[O-])c3)C(C)C)n2)c1. The molecule has 0 bridgehead atoms. The van der Waals surface area contributed by atoms with Crippen LogP contribution in [-0.4, -0.2) is 28.1 Å². The predicted molar refractivity (Wildman–Crippen MR) is 104 cm³/mol. The number of methoxy groups -OCH3 is 1. The molecule has 1 heterocycles. The zero-order chi connectivity index (χ0) is 21.0. The Labute approximate surface area is 166 Å². The fourth-order valence-electron chi connectivity index (χ4n) is 2.74. The maximum atomic E-state index is 12.6. The van der Waals surface area contributed by atoms with E-state index in [1.165, 1.54) is 24.3 Å². The van der Waals surface area contributed by atoms with Gasteiger partial charge in [0.05, 0.1) is 12.0 Å². The van der Waals surface area contributed by atoms with Gasteiger partial charge < -0.3 is 14.6 Å². The first-order valence-electron chi connectivity index (χ1n) is 8.92. The van der Waals surface area contributed by atoms with E-state index >= 15 is 0 Å². The second-order valence-corrected chi connectivity index (χ2v) is 6.69. The number of nitro benzene ring substituents is 1. The molecule has 0 saturated carbocycles. The van der Waals surface area contributed by atoms with Gasteiger partial charge in [0.15, 0.2) is 0 Å². The van der Waals surface area contributed by atoms with Crippen LogP contribution >= 0.6 is 0 Å². The van der Waals surface area contributed by atoms with Crippen molar-refractivity contribution in [2.45, 2.75) is 19.9 Å². The second-order valence-electron chi connectivity index (χ2n) is 6.69. The lowest BCUT2D eigenvalue weighted by atomic mass is 10.0. The summed E-state index contributed by atoms with van der Waals surface area (Å²) in [6, 6.07) is 12.2. The van der Waals surface area contributed by atoms with Crippen molar-refractivity contribution in [3.63, 3.8) is 0 Å². The largest absolute Gasteiger partial charge is 0.497 e. The van der Waals surface area contributed by atoms with Gasteiger partial charge in [0.2, 0.25) is 11.7 Å². The molecule has 1 atom stereocenters. The summed E-state index contributed by atoms with van der Waals surface area (Å²) in [5.74, 6) is 0.753. The van der Waals surface area contributed by atoms with Gasteiger partial charge in [-0.05, 0) is 24.1 Å². The summed E-state index contributed by atoms with van der Waals surface area (Å²) in [5, 5.41) is 17.8. The Kier molecular flexibility index (Phi) is 5.87. The molecule has 1 N–H and O–H groups in total. The highest BCUT2D eigenvalue weighted by Crippen LogP contribution is 2.26. The van der Waals surface area contributed by atoms with E-state index in [4.69, 9.17) is 9.26 Å². The van der Waals surface area contributed by atoms with Crippen LogP contribution in [0.3, 0.4) is 0 Å². The lowest BCUT2D eigenvalue weighted by molar-refractivity contribution is -0.384. The van der Waals surface area contributed by atoms with Gasteiger partial charge in [0.1, 0.15) is 11.8 Å². The molecule has 1 amide bonds. The number of nitro groups is 1. The van der Waals surface area contributed by atoms with Crippen molar-refractivity contribution in [1.82, 2.24) is 15.5 Å². The van der Waals surface area contributed by atoms with Crippen molar-refractivity contribution >= 4 is 11.6 Å². The molecule has 3 aromatic rings. The lowest BCUT2D eigenvalue weighted by Gasteiger charge is -2.18. The molecular weight excluding hydrogens is 376 g/mol. The van der Waals surface area contributed by atoms with Gasteiger partial charge in [0, 0.05) is 23.3 Å². The van der Waals surface area contributed by atoms with Crippen LogP contribution in [0.15, 0.2) is 53.1 Å². The third-order valence-corrected chi connectivity index (χ3v) is 4.31. The molecule has 0 aliphatic rings. The number of ether oxygens (including phenoxy) is 1. The summed E-state index contributed by atoms with van der Waals surface area (Å²) in [5.41, 5.74) is 0.737. The van der Waals surface area contributed by atoms with Gasteiger partial charge in [-0.2, -0.15) is 4.98 Å². The zero-order valence-electron chi connectivity index (χ0n) is 16.2. The first-order valence-corrected chi connectivity index (χ1v) is 8.92. The van der Waals surface area contributed by atoms with Gasteiger partial charge in [-0.1, -0.05) is 37.2 Å². The number of hydrogen-bond donors (Lipinski definition) is 1. The Bertz CT molecular complexity index is 1030. The molecule has 150 valence electrons. The van der Waals surface area contributed by atoms with Crippen LogP contribution in [0.25, 0.3) is 11.4 Å². The van der Waals surface area contributed by atoms with Crippen molar-refractivity contribution in [1.29, 1.82) is 0 Å². The number of carbonyl (C=O) groups excluding carboxylic acids is 1. The number of hydrogen-bond acceptors (Lipinski definition) is 7. The summed E-state index contributed by atoms with van der Waals surface area (Å²) in [7, 11) is 1.57. The maximum Gasteiger partial charge on any atom is 0.270 e. The molecule has 0 aliphatic heterocycles. The van der Waals surface area contributed by atoms with E-state index in [1.807, 2.05) is 26.0 Å². The second kappa shape index (κ2) is 8.51. The Morgan fingerprint density at radius 3 is 2.66 bits per heavy atom. The number of nitrogens with zero attached hydrogens (tertiary/aromatic N) is 3. The number of amides is 1. The molecule has 0 aliphatic carbocycles. The third kappa shape index (κ3) is 4.57. The van der Waals surface area contributed by atoms with Crippen LogP contribution in [0.5, 0.6) is 5.75 Å². The van der Waals surface area contributed by atoms with E-state index in [0.717, 1.165) is 0 Å². The van der Waals surface area contributed by atoms with Crippen molar-refractivity contribution < 1.29 is 19.0 Å². The van der Waals surface area contributed by atoms with E-state index in [2.05, 4.69) is 15.5 Å². The summed E-state index contributed by atoms with van der Waals surface area (Å²) < 4.78 is 10.6. The highest BCUT2D eigenvalue weighted by molar-refractivity contribution is 5.95. The van der Waals surface area contributed by atoms with Crippen molar-refractivity contribution in [3.8, 4) is 17.1 Å². The minimum absolute atomic E-state index is 0.0590. The maximum absolute atomic E-state index is 12.6. The average molecular weight is 396 g/mol. The van der Waals surface area contributed by atoms with E-state index in [0.29, 0.717) is 17.1 Å². The smallest absolute Gasteiger partial charge is 0.270 e. The summed E-state index contributed by atoms with van der Waals surface area (Å²) >= 11 is 0. The normalized spacial score (nSPS) is 11.9. The fraction of sp³-hybridized carbons (Fsp3) is 0.250. The molecule has 9 nitrogen and oxygen atoms in total. The van der Waals surface area contributed by atoms with Crippen LogP contribution in [-0.2, 0) is 0 Å². The topological polar surface area (TPSA) is 120 Å². The predicted octanol–water partition coefficient (Wildman–Crippen LogP) is 3.78. The molecule has 29 heavy (non-hydrogen) atoms. The Balaban J connectivity index is 1.83. The van der Waals surface area contributed by atoms with Crippen molar-refractivity contribution in [2.75, 3.05) is 7.11 Å². The number of non-ortho nitro benzene ring substituents is 1. The molecule has 9 heteroatoms. The van der Waals surface area contributed by atoms with E-state index in [1.54, 1.807) is 19.2 Å². The van der Waals surface area contributed by atoms with Crippen LogP contribution in [0.4, 0.5) is 5.69 Å². The van der Waals surface area contributed by atoms with Gasteiger partial charge in [0.25, 0.3) is 11.6 Å². The molecule has 2 aromatic carbocycles. The van der Waals surface area contributed by atoms with Crippen molar-refractivity contribution in [2.24, 2.45) is 5.92 Å². The lowest BCUT2D eigenvalue weighted by Crippen LogP contribution is -2.32. The minimum Gasteiger partial charge on any atom is -0.497 e. The average Bonchev–Trinajstić information content (AvgIpc) is 3.21. The van der Waals surface area contributed by atoms with Crippen LogP contribution < -0.4 is 10.1 Å². The van der Waals surface area contributed by atoms with E-state index in [-0.39, 0.29) is 23.1 Å². The molecule has 0 unspecified atom stereocenters. The Morgan fingerprint density at radius 2 is 1.97 bits per heavy atom. The minimum atomic E-state index is -0.561. The Hall–Kier alpha value is -3.75. The van der Waals surface area contributed by atoms with Crippen molar-refractivity contribution in [3.05, 3.63) is 70.1 Å². The molecule has 0 fully saturated rings. The molecule has 0 spiro atoms. The molecule has 0 saturated heterocycles. The first-order chi connectivity index (χ1) is 13.9. The third-order valence-electron chi connectivity index (χ3n) is 4.31. The Morgan fingerprint density at radius 1 is 1.21 bits per heavy atom. The quantitative estimate of drug-likeness (QED) is 0.476. The summed E-state index contributed by atoms with van der Waals surface area (Å²) in [6.45, 7) is 3.79. The number of aromatic nitrogens is 2. The highest BCUT2D eigenvalue weighted by atomic mass is 16.6. The number of benzene rings is 2. The first kappa shape index (κ1) is 20.0. The zero-order valence-corrected chi connectivity index (χ0v) is 16.2. The summed E-state index contributed by atoms with van der Waals surface area (Å²) in [4.78, 5) is 27.4. The highest BCUT2D eigenvalue weighted by Gasteiger charge is 2.26. The van der Waals surface area contributed by atoms with Crippen LogP contribution in [0.1, 0.15) is 36.1 Å². The van der Waals surface area contributed by atoms with Gasteiger partial charge in [-0.25, -0.2) is 0 Å². The van der Waals surface area contributed by atoms with Gasteiger partial charge >= 0.3 is 0 Å². The molecule has 3 rings (SSSR count). The summed E-state index contributed by atoms with van der Waals surface area (Å²) in [6.07, 6.45) is 0.